The summed E-state index contributed by atoms with van der Waals surface area (Å²) in [6.07, 6.45) is 2.97. The summed E-state index contributed by atoms with van der Waals surface area (Å²) >= 11 is 7.16. The maximum absolute atomic E-state index is 12.1. The fraction of sp³-hybridized carbons (Fsp3) is 0.100. The second kappa shape index (κ2) is 10.4. The summed E-state index contributed by atoms with van der Waals surface area (Å²) < 4.78 is 0. The van der Waals surface area contributed by atoms with E-state index in [-0.39, 0.29) is 16.7 Å². The van der Waals surface area contributed by atoms with Crippen molar-refractivity contribution in [2.24, 2.45) is 0 Å². The highest BCUT2D eigenvalue weighted by Crippen LogP contribution is 2.20. The molecular formula is C20H16ClN5O4S. The SMILES string of the molecule is O=C(/C=C/c1ccccc1[N+](=O)[O-])Nc1nnc(CCNC(=O)c2ccccc2Cl)s1. The van der Waals surface area contributed by atoms with Crippen LogP contribution in [0.25, 0.3) is 6.08 Å². The molecule has 0 radical (unpaired) electrons. The maximum atomic E-state index is 12.1. The standard InChI is InChI=1S/C20H16ClN5O4S/c21-15-7-3-2-6-14(15)19(28)22-12-11-18-24-25-20(31-18)23-17(27)10-9-13-5-1-4-8-16(13)26(29)30/h1-10H,11-12H2,(H,22,28)(H,23,25,27)/b10-9+. The van der Waals surface area contributed by atoms with Gasteiger partial charge in [0.15, 0.2) is 0 Å². The minimum absolute atomic E-state index is 0.0939. The Morgan fingerprint density at radius 1 is 1.13 bits per heavy atom. The smallest absolute Gasteiger partial charge is 0.276 e. The molecule has 0 aliphatic rings. The van der Waals surface area contributed by atoms with Crippen LogP contribution in [0.2, 0.25) is 5.02 Å². The van der Waals surface area contributed by atoms with Crippen molar-refractivity contribution in [2.75, 3.05) is 11.9 Å². The molecule has 0 unspecified atom stereocenters. The third-order valence-electron chi connectivity index (χ3n) is 3.99. The second-order valence-electron chi connectivity index (χ2n) is 6.13. The fourth-order valence-corrected chi connectivity index (χ4v) is 3.50. The van der Waals surface area contributed by atoms with E-state index >= 15 is 0 Å². The fourth-order valence-electron chi connectivity index (χ4n) is 2.54. The van der Waals surface area contributed by atoms with Crippen LogP contribution in [-0.4, -0.2) is 33.5 Å². The Hall–Kier alpha value is -3.63. The van der Waals surface area contributed by atoms with Gasteiger partial charge in [-0.1, -0.05) is 47.2 Å². The van der Waals surface area contributed by atoms with Gasteiger partial charge in [0.2, 0.25) is 11.0 Å². The lowest BCUT2D eigenvalue weighted by molar-refractivity contribution is -0.385. The number of benzene rings is 2. The van der Waals surface area contributed by atoms with E-state index in [2.05, 4.69) is 20.8 Å². The number of nitrogens with one attached hydrogen (secondary N) is 2. The monoisotopic (exact) mass is 457 g/mol. The van der Waals surface area contributed by atoms with Crippen LogP contribution in [0, 0.1) is 10.1 Å². The van der Waals surface area contributed by atoms with Gasteiger partial charge in [-0.25, -0.2) is 0 Å². The zero-order valence-electron chi connectivity index (χ0n) is 15.9. The van der Waals surface area contributed by atoms with Gasteiger partial charge in [-0.15, -0.1) is 10.2 Å². The zero-order valence-corrected chi connectivity index (χ0v) is 17.5. The van der Waals surface area contributed by atoms with Crippen molar-refractivity contribution in [3.63, 3.8) is 0 Å². The molecule has 2 aromatic carbocycles. The van der Waals surface area contributed by atoms with Crippen LogP contribution in [0.1, 0.15) is 20.9 Å². The van der Waals surface area contributed by atoms with Gasteiger partial charge in [-0.3, -0.25) is 25.0 Å². The van der Waals surface area contributed by atoms with E-state index in [1.807, 2.05) is 0 Å². The number of rotatable bonds is 8. The predicted molar refractivity (Wildman–Crippen MR) is 118 cm³/mol. The first-order valence-electron chi connectivity index (χ1n) is 9.01. The summed E-state index contributed by atoms with van der Waals surface area (Å²) in [5.74, 6) is -0.781. The van der Waals surface area contributed by atoms with Crippen molar-refractivity contribution in [3.8, 4) is 0 Å². The number of anilines is 1. The summed E-state index contributed by atoms with van der Waals surface area (Å²) in [7, 11) is 0. The lowest BCUT2D eigenvalue weighted by atomic mass is 10.1. The van der Waals surface area contributed by atoms with E-state index in [0.717, 1.165) is 0 Å². The highest BCUT2D eigenvalue weighted by Gasteiger charge is 2.12. The highest BCUT2D eigenvalue weighted by molar-refractivity contribution is 7.15. The Morgan fingerprint density at radius 3 is 2.65 bits per heavy atom. The number of nitro benzene ring substituents is 1. The van der Waals surface area contributed by atoms with E-state index in [9.17, 15) is 19.7 Å². The maximum Gasteiger partial charge on any atom is 0.276 e. The Kier molecular flexibility index (Phi) is 7.41. The van der Waals surface area contributed by atoms with Gasteiger partial charge in [0.25, 0.3) is 11.6 Å². The zero-order chi connectivity index (χ0) is 22.2. The van der Waals surface area contributed by atoms with E-state index in [1.165, 1.54) is 29.6 Å². The molecule has 0 aliphatic carbocycles. The number of halogens is 1. The van der Waals surface area contributed by atoms with Crippen LogP contribution < -0.4 is 10.6 Å². The number of carbonyl (C=O) groups is 2. The molecule has 1 aromatic heterocycles. The molecular weight excluding hydrogens is 442 g/mol. The Balaban J connectivity index is 1.51. The van der Waals surface area contributed by atoms with Crippen molar-refractivity contribution in [1.82, 2.24) is 15.5 Å². The minimum atomic E-state index is -0.515. The first kappa shape index (κ1) is 22.1. The topological polar surface area (TPSA) is 127 Å². The molecule has 3 rings (SSSR count). The molecule has 0 saturated carbocycles. The van der Waals surface area contributed by atoms with Crippen LogP contribution >= 0.6 is 22.9 Å². The molecule has 0 bridgehead atoms. The molecule has 0 saturated heterocycles. The first-order valence-corrected chi connectivity index (χ1v) is 10.2. The summed E-state index contributed by atoms with van der Waals surface area (Å²) in [4.78, 5) is 34.7. The van der Waals surface area contributed by atoms with Gasteiger partial charge in [0.05, 0.1) is 21.1 Å². The van der Waals surface area contributed by atoms with Crippen LogP contribution in [-0.2, 0) is 11.2 Å². The van der Waals surface area contributed by atoms with Crippen LogP contribution in [0.5, 0.6) is 0 Å². The summed E-state index contributed by atoms with van der Waals surface area (Å²) in [5, 5.41) is 25.5. The van der Waals surface area contributed by atoms with Gasteiger partial charge in [-0.05, 0) is 24.3 Å². The minimum Gasteiger partial charge on any atom is -0.352 e. The molecule has 2 amide bonds. The van der Waals surface area contributed by atoms with E-state index in [0.29, 0.717) is 34.1 Å². The van der Waals surface area contributed by atoms with Crippen LogP contribution in [0.4, 0.5) is 10.8 Å². The average Bonchev–Trinajstić information content (AvgIpc) is 3.19. The van der Waals surface area contributed by atoms with Crippen molar-refractivity contribution in [3.05, 3.63) is 85.9 Å². The molecule has 11 heteroatoms. The normalized spacial score (nSPS) is 10.7. The number of hydrogen-bond acceptors (Lipinski definition) is 7. The Labute approximate surface area is 185 Å². The molecule has 2 N–H and O–H groups in total. The number of hydrogen-bond donors (Lipinski definition) is 2. The average molecular weight is 458 g/mol. The molecule has 158 valence electrons. The van der Waals surface area contributed by atoms with E-state index < -0.39 is 10.8 Å². The highest BCUT2D eigenvalue weighted by atomic mass is 35.5. The van der Waals surface area contributed by atoms with Crippen LogP contribution in [0.15, 0.2) is 54.6 Å². The second-order valence-corrected chi connectivity index (χ2v) is 7.59. The van der Waals surface area contributed by atoms with E-state index in [4.69, 9.17) is 11.6 Å². The van der Waals surface area contributed by atoms with Gasteiger partial charge in [0, 0.05) is 25.1 Å². The number of amides is 2. The molecule has 0 atom stereocenters. The predicted octanol–water partition coefficient (Wildman–Crippen LogP) is 3.72. The molecule has 0 fully saturated rings. The third-order valence-corrected chi connectivity index (χ3v) is 5.22. The summed E-state index contributed by atoms with van der Waals surface area (Å²) in [6, 6.07) is 12.8. The molecule has 0 aliphatic heterocycles. The largest absolute Gasteiger partial charge is 0.352 e. The summed E-state index contributed by atoms with van der Waals surface area (Å²) in [5.41, 5.74) is 0.610. The molecule has 9 nitrogen and oxygen atoms in total. The van der Waals surface area contributed by atoms with Crippen LogP contribution in [0.3, 0.4) is 0 Å². The molecule has 0 spiro atoms. The quantitative estimate of drug-likeness (QED) is 0.301. The van der Waals surface area contributed by atoms with Gasteiger partial charge in [-0.2, -0.15) is 0 Å². The van der Waals surface area contributed by atoms with E-state index in [1.54, 1.807) is 42.5 Å². The summed E-state index contributed by atoms with van der Waals surface area (Å²) in [6.45, 7) is 0.324. The number of nitrogens with zero attached hydrogens (tertiary/aromatic N) is 3. The van der Waals surface area contributed by atoms with Gasteiger partial charge < -0.3 is 5.32 Å². The number of para-hydroxylation sites is 1. The molecule has 1 heterocycles. The third kappa shape index (κ3) is 6.17. The lowest BCUT2D eigenvalue weighted by Crippen LogP contribution is -2.25. The lowest BCUT2D eigenvalue weighted by Gasteiger charge is -2.05. The Bertz CT molecular complexity index is 1150. The number of carbonyl (C=O) groups excluding carboxylic acids is 2. The van der Waals surface area contributed by atoms with Gasteiger partial charge in [0.1, 0.15) is 5.01 Å². The van der Waals surface area contributed by atoms with Crippen molar-refractivity contribution in [1.29, 1.82) is 0 Å². The number of aromatic nitrogens is 2. The first-order chi connectivity index (χ1) is 14.9. The molecule has 31 heavy (non-hydrogen) atoms. The van der Waals surface area contributed by atoms with Gasteiger partial charge >= 0.3 is 0 Å². The number of nitro groups is 1. The van der Waals surface area contributed by atoms with Crippen molar-refractivity contribution < 1.29 is 14.5 Å². The Morgan fingerprint density at radius 2 is 1.87 bits per heavy atom. The molecule has 3 aromatic rings. The van der Waals surface area contributed by atoms with Crippen molar-refractivity contribution >= 4 is 51.6 Å². The van der Waals surface area contributed by atoms with Crippen molar-refractivity contribution in [2.45, 2.75) is 6.42 Å².